The van der Waals surface area contributed by atoms with Crippen LogP contribution in [-0.4, -0.2) is 4.98 Å². The zero-order valence-electron chi connectivity index (χ0n) is 7.99. The van der Waals surface area contributed by atoms with Gasteiger partial charge in [-0.25, -0.2) is 4.57 Å². The molecule has 0 bridgehead atoms. The fraction of sp³-hybridized carbons (Fsp3) is 0.0833. The monoisotopic (exact) mass is 183 g/mol. The Morgan fingerprint density at radius 2 is 1.79 bits per heavy atom. The number of nitrogens with one attached hydrogen (secondary N) is 1. The van der Waals surface area contributed by atoms with Crippen molar-refractivity contribution in [2.24, 2.45) is 7.05 Å². The summed E-state index contributed by atoms with van der Waals surface area (Å²) in [6, 6.07) is 10.5. The number of hydrogen-bond acceptors (Lipinski definition) is 0. The summed E-state index contributed by atoms with van der Waals surface area (Å²) < 4.78 is 2.05. The van der Waals surface area contributed by atoms with Gasteiger partial charge in [0.15, 0.2) is 12.4 Å². The Balaban J connectivity index is 2.57. The van der Waals surface area contributed by atoms with Gasteiger partial charge in [0.25, 0.3) is 0 Å². The summed E-state index contributed by atoms with van der Waals surface area (Å²) in [4.78, 5) is 3.40. The van der Waals surface area contributed by atoms with Crippen molar-refractivity contribution in [3.8, 4) is 0 Å². The Hall–Kier alpha value is -1.83. The van der Waals surface area contributed by atoms with Crippen LogP contribution in [-0.2, 0) is 7.05 Å². The molecular weight excluding hydrogens is 172 g/mol. The van der Waals surface area contributed by atoms with Crippen LogP contribution in [0, 0.1) is 0 Å². The quantitative estimate of drug-likeness (QED) is 0.515. The molecule has 0 amide bonds. The largest absolute Gasteiger partial charge is 0.350 e. The Labute approximate surface area is 81.8 Å². The van der Waals surface area contributed by atoms with E-state index in [0.717, 1.165) is 0 Å². The Kier molecular flexibility index (Phi) is 1.39. The number of H-pyrrole nitrogens is 1. The number of para-hydroxylation sites is 1. The van der Waals surface area contributed by atoms with Gasteiger partial charge in [-0.15, -0.1) is 0 Å². The van der Waals surface area contributed by atoms with Crippen LogP contribution in [0.25, 0.3) is 21.8 Å². The average molecular weight is 183 g/mol. The molecule has 0 aliphatic rings. The molecule has 2 heterocycles. The molecule has 3 rings (SSSR count). The molecule has 0 aliphatic heterocycles. The molecule has 0 unspecified atom stereocenters. The van der Waals surface area contributed by atoms with E-state index >= 15 is 0 Å². The molecular formula is C12H11N2+. The fourth-order valence-corrected chi connectivity index (χ4v) is 1.90. The topological polar surface area (TPSA) is 19.7 Å². The zero-order chi connectivity index (χ0) is 9.54. The lowest BCUT2D eigenvalue weighted by Crippen LogP contribution is -2.25. The maximum atomic E-state index is 3.40. The summed E-state index contributed by atoms with van der Waals surface area (Å²) in [7, 11) is 2.03. The van der Waals surface area contributed by atoms with Gasteiger partial charge >= 0.3 is 0 Å². The highest BCUT2D eigenvalue weighted by Gasteiger charge is 2.05. The predicted octanol–water partition coefficient (Wildman–Crippen LogP) is 2.15. The van der Waals surface area contributed by atoms with E-state index in [-0.39, 0.29) is 0 Å². The Morgan fingerprint density at radius 1 is 1.00 bits per heavy atom. The molecule has 0 radical (unpaired) electrons. The number of pyridine rings is 1. The smallest absolute Gasteiger partial charge is 0.192 e. The van der Waals surface area contributed by atoms with Crippen molar-refractivity contribution in [2.75, 3.05) is 0 Å². The molecule has 0 aliphatic carbocycles. The number of nitrogens with zero attached hydrogens (tertiary/aromatic N) is 1. The van der Waals surface area contributed by atoms with Crippen molar-refractivity contribution < 1.29 is 4.57 Å². The highest BCUT2D eigenvalue weighted by molar-refractivity contribution is 6.06. The van der Waals surface area contributed by atoms with Crippen LogP contribution in [0.2, 0.25) is 0 Å². The SMILES string of the molecule is C[n+]1ccc2c(c1)[nH]c1ccccc12. The second kappa shape index (κ2) is 2.58. The highest BCUT2D eigenvalue weighted by Crippen LogP contribution is 2.23. The van der Waals surface area contributed by atoms with Crippen molar-refractivity contribution in [3.05, 3.63) is 42.7 Å². The molecule has 1 aromatic carbocycles. The molecule has 3 aromatic rings. The molecule has 68 valence electrons. The van der Waals surface area contributed by atoms with Gasteiger partial charge in [0.05, 0.1) is 0 Å². The third-order valence-corrected chi connectivity index (χ3v) is 2.59. The summed E-state index contributed by atoms with van der Waals surface area (Å²) in [5, 5.41) is 2.58. The number of aryl methyl sites for hydroxylation is 1. The number of aromatic nitrogens is 2. The van der Waals surface area contributed by atoms with Crippen LogP contribution < -0.4 is 4.57 Å². The van der Waals surface area contributed by atoms with E-state index in [0.29, 0.717) is 0 Å². The third-order valence-electron chi connectivity index (χ3n) is 2.59. The van der Waals surface area contributed by atoms with Crippen LogP contribution in [0.4, 0.5) is 0 Å². The van der Waals surface area contributed by atoms with E-state index < -0.39 is 0 Å². The minimum absolute atomic E-state index is 1.19. The maximum Gasteiger partial charge on any atom is 0.192 e. The van der Waals surface area contributed by atoms with Gasteiger partial charge in [-0.2, -0.15) is 0 Å². The van der Waals surface area contributed by atoms with Crippen LogP contribution in [0.3, 0.4) is 0 Å². The normalized spacial score (nSPS) is 11.2. The van der Waals surface area contributed by atoms with Crippen LogP contribution in [0.1, 0.15) is 0 Å². The van der Waals surface area contributed by atoms with Gasteiger partial charge in [-0.3, -0.25) is 0 Å². The molecule has 0 spiro atoms. The highest BCUT2D eigenvalue weighted by atomic mass is 14.9. The second-order valence-electron chi connectivity index (χ2n) is 3.61. The van der Waals surface area contributed by atoms with Crippen LogP contribution in [0.5, 0.6) is 0 Å². The van der Waals surface area contributed by atoms with Gasteiger partial charge in [0.2, 0.25) is 0 Å². The molecule has 1 N–H and O–H groups in total. The molecule has 0 atom stereocenters. The fourth-order valence-electron chi connectivity index (χ4n) is 1.90. The van der Waals surface area contributed by atoms with Gasteiger partial charge in [-0.1, -0.05) is 18.2 Å². The van der Waals surface area contributed by atoms with E-state index in [4.69, 9.17) is 0 Å². The molecule has 2 aromatic heterocycles. The number of hydrogen-bond donors (Lipinski definition) is 1. The predicted molar refractivity (Wildman–Crippen MR) is 57.0 cm³/mol. The number of aromatic amines is 1. The Morgan fingerprint density at radius 3 is 2.71 bits per heavy atom. The minimum atomic E-state index is 1.19. The molecule has 2 nitrogen and oxygen atoms in total. The number of rotatable bonds is 0. The van der Waals surface area contributed by atoms with E-state index in [2.05, 4.69) is 52.3 Å². The Bertz CT molecular complexity index is 608. The minimum Gasteiger partial charge on any atom is -0.350 e. The maximum absolute atomic E-state index is 3.40. The van der Waals surface area contributed by atoms with Crippen molar-refractivity contribution in [3.63, 3.8) is 0 Å². The lowest BCUT2D eigenvalue weighted by atomic mass is 10.2. The van der Waals surface area contributed by atoms with Crippen molar-refractivity contribution in [2.45, 2.75) is 0 Å². The number of benzene rings is 1. The van der Waals surface area contributed by atoms with E-state index in [1.165, 1.54) is 21.8 Å². The average Bonchev–Trinajstić information content (AvgIpc) is 2.54. The van der Waals surface area contributed by atoms with E-state index in [1.54, 1.807) is 0 Å². The standard InChI is InChI=1S/C12H10N2/c1-14-7-6-10-9-4-2-3-5-11(9)13-12(10)8-14/h2-8H,1H3/p+1. The summed E-state index contributed by atoms with van der Waals surface area (Å²) in [6.07, 6.45) is 4.18. The van der Waals surface area contributed by atoms with Gasteiger partial charge in [0.1, 0.15) is 12.6 Å². The first-order valence-corrected chi connectivity index (χ1v) is 4.70. The molecule has 0 fully saturated rings. The molecule has 0 saturated heterocycles. The lowest BCUT2D eigenvalue weighted by molar-refractivity contribution is -0.670. The first-order valence-electron chi connectivity index (χ1n) is 4.70. The van der Waals surface area contributed by atoms with E-state index in [9.17, 15) is 0 Å². The second-order valence-corrected chi connectivity index (χ2v) is 3.61. The lowest BCUT2D eigenvalue weighted by Gasteiger charge is -1.88. The summed E-state index contributed by atoms with van der Waals surface area (Å²) in [5.74, 6) is 0. The van der Waals surface area contributed by atoms with Crippen molar-refractivity contribution in [1.29, 1.82) is 0 Å². The van der Waals surface area contributed by atoms with Gasteiger partial charge < -0.3 is 4.98 Å². The first kappa shape index (κ1) is 7.56. The summed E-state index contributed by atoms with van der Waals surface area (Å²) >= 11 is 0. The number of fused-ring (bicyclic) bond motifs is 3. The molecule has 0 saturated carbocycles. The summed E-state index contributed by atoms with van der Waals surface area (Å²) in [6.45, 7) is 0. The van der Waals surface area contributed by atoms with Crippen molar-refractivity contribution in [1.82, 2.24) is 4.98 Å². The van der Waals surface area contributed by atoms with Gasteiger partial charge in [0, 0.05) is 22.4 Å². The van der Waals surface area contributed by atoms with E-state index in [1.807, 2.05) is 7.05 Å². The van der Waals surface area contributed by atoms with Crippen molar-refractivity contribution >= 4 is 21.8 Å². The summed E-state index contributed by atoms with van der Waals surface area (Å²) in [5.41, 5.74) is 2.39. The molecule has 14 heavy (non-hydrogen) atoms. The van der Waals surface area contributed by atoms with Gasteiger partial charge in [-0.05, 0) is 6.07 Å². The molecule has 2 heteroatoms. The van der Waals surface area contributed by atoms with Crippen LogP contribution in [0.15, 0.2) is 42.7 Å². The first-order chi connectivity index (χ1) is 6.84. The van der Waals surface area contributed by atoms with Crippen LogP contribution >= 0.6 is 0 Å². The third kappa shape index (κ3) is 0.940. The zero-order valence-corrected chi connectivity index (χ0v) is 7.99.